The predicted molar refractivity (Wildman–Crippen MR) is 63.3 cm³/mol. The number of aromatic hydroxyl groups is 4. The first-order chi connectivity index (χ1) is 8.00. The van der Waals surface area contributed by atoms with E-state index in [1.54, 1.807) is 25.1 Å². The van der Waals surface area contributed by atoms with Crippen molar-refractivity contribution in [3.63, 3.8) is 0 Å². The summed E-state index contributed by atoms with van der Waals surface area (Å²) in [5.41, 5.74) is 1.27. The molecule has 0 atom stereocenters. The van der Waals surface area contributed by atoms with Crippen molar-refractivity contribution in [2.75, 3.05) is 0 Å². The molecule has 0 radical (unpaired) electrons. The van der Waals surface area contributed by atoms with Crippen molar-refractivity contribution in [3.8, 4) is 34.1 Å². The monoisotopic (exact) mass is 232 g/mol. The summed E-state index contributed by atoms with van der Waals surface area (Å²) in [6.45, 7) is 1.75. The van der Waals surface area contributed by atoms with Gasteiger partial charge in [-0.3, -0.25) is 0 Å². The topological polar surface area (TPSA) is 80.9 Å². The lowest BCUT2D eigenvalue weighted by atomic mass is 10.0. The van der Waals surface area contributed by atoms with E-state index < -0.39 is 0 Å². The second-order valence-corrected chi connectivity index (χ2v) is 3.85. The lowest BCUT2D eigenvalue weighted by Gasteiger charge is -2.10. The quantitative estimate of drug-likeness (QED) is 0.569. The standard InChI is InChI=1S/C13H12O4/c1-7-5-9(13(17)11(15)6-7)8-3-2-4-10(14)12(8)16/h2-6,14-17H,1H3. The fourth-order valence-electron chi connectivity index (χ4n) is 1.71. The minimum Gasteiger partial charge on any atom is -0.504 e. The van der Waals surface area contributed by atoms with Gasteiger partial charge in [-0.05, 0) is 30.7 Å². The summed E-state index contributed by atoms with van der Waals surface area (Å²) in [5.74, 6) is -1.19. The Balaban J connectivity index is 2.73. The Kier molecular flexibility index (Phi) is 2.55. The number of hydrogen-bond donors (Lipinski definition) is 4. The highest BCUT2D eigenvalue weighted by atomic mass is 16.3. The first-order valence-electron chi connectivity index (χ1n) is 5.04. The van der Waals surface area contributed by atoms with Gasteiger partial charge in [-0.25, -0.2) is 0 Å². The maximum atomic E-state index is 9.75. The lowest BCUT2D eigenvalue weighted by molar-refractivity contribution is 0.399. The molecule has 0 fully saturated rings. The number of aryl methyl sites for hydroxylation is 1. The molecule has 0 amide bonds. The number of benzene rings is 2. The summed E-state index contributed by atoms with van der Waals surface area (Å²) in [6, 6.07) is 7.46. The van der Waals surface area contributed by atoms with E-state index in [4.69, 9.17) is 0 Å². The molecule has 4 N–H and O–H groups in total. The van der Waals surface area contributed by atoms with Crippen LogP contribution < -0.4 is 0 Å². The Hall–Kier alpha value is -2.36. The van der Waals surface area contributed by atoms with E-state index in [0.29, 0.717) is 0 Å². The van der Waals surface area contributed by atoms with Crippen LogP contribution in [-0.2, 0) is 0 Å². The molecule has 0 unspecified atom stereocenters. The molecule has 4 heteroatoms. The maximum absolute atomic E-state index is 9.75. The molecule has 0 aliphatic carbocycles. The molecule has 2 rings (SSSR count). The average molecular weight is 232 g/mol. The summed E-state index contributed by atoms with van der Waals surface area (Å²) < 4.78 is 0. The van der Waals surface area contributed by atoms with Gasteiger partial charge in [-0.2, -0.15) is 0 Å². The van der Waals surface area contributed by atoms with Crippen molar-refractivity contribution in [3.05, 3.63) is 35.9 Å². The summed E-state index contributed by atoms with van der Waals surface area (Å²) in [7, 11) is 0. The number of phenolic OH excluding ortho intramolecular Hbond substituents is 4. The van der Waals surface area contributed by atoms with Crippen molar-refractivity contribution < 1.29 is 20.4 Å². The number of phenols is 4. The van der Waals surface area contributed by atoms with E-state index in [0.717, 1.165) is 5.56 Å². The van der Waals surface area contributed by atoms with Gasteiger partial charge in [-0.1, -0.05) is 12.1 Å². The van der Waals surface area contributed by atoms with Crippen LogP contribution in [0.15, 0.2) is 30.3 Å². The van der Waals surface area contributed by atoms with Gasteiger partial charge in [0, 0.05) is 11.1 Å². The van der Waals surface area contributed by atoms with Gasteiger partial charge < -0.3 is 20.4 Å². The molecule has 0 aromatic heterocycles. The van der Waals surface area contributed by atoms with Gasteiger partial charge in [0.05, 0.1) is 0 Å². The zero-order valence-electron chi connectivity index (χ0n) is 9.18. The smallest absolute Gasteiger partial charge is 0.165 e. The molecular weight excluding hydrogens is 220 g/mol. The van der Waals surface area contributed by atoms with Gasteiger partial charge in [0.25, 0.3) is 0 Å². The van der Waals surface area contributed by atoms with Gasteiger partial charge in [0.15, 0.2) is 23.0 Å². The van der Waals surface area contributed by atoms with Crippen molar-refractivity contribution in [2.45, 2.75) is 6.92 Å². The summed E-state index contributed by atoms with van der Waals surface area (Å²) >= 11 is 0. The normalized spacial score (nSPS) is 10.4. The van der Waals surface area contributed by atoms with Crippen molar-refractivity contribution in [1.29, 1.82) is 0 Å². The molecule has 2 aromatic rings. The molecule has 0 aliphatic heterocycles. The van der Waals surface area contributed by atoms with Crippen LogP contribution >= 0.6 is 0 Å². The third-order valence-corrected chi connectivity index (χ3v) is 2.54. The van der Waals surface area contributed by atoms with Gasteiger partial charge >= 0.3 is 0 Å². The molecule has 0 heterocycles. The Bertz CT molecular complexity index is 576. The van der Waals surface area contributed by atoms with E-state index in [-0.39, 0.29) is 34.1 Å². The summed E-state index contributed by atoms with van der Waals surface area (Å²) in [4.78, 5) is 0. The summed E-state index contributed by atoms with van der Waals surface area (Å²) in [5, 5.41) is 38.4. The minimum absolute atomic E-state index is 0.261. The van der Waals surface area contributed by atoms with Gasteiger partial charge in [0.2, 0.25) is 0 Å². The molecule has 0 saturated heterocycles. The third kappa shape index (κ3) is 1.85. The Morgan fingerprint density at radius 3 is 2.12 bits per heavy atom. The van der Waals surface area contributed by atoms with Crippen LogP contribution in [0.3, 0.4) is 0 Å². The fraction of sp³-hybridized carbons (Fsp3) is 0.0769. The highest BCUT2D eigenvalue weighted by Crippen LogP contribution is 2.43. The first kappa shape index (κ1) is 11.1. The van der Waals surface area contributed by atoms with E-state index in [2.05, 4.69) is 0 Å². The molecule has 88 valence electrons. The van der Waals surface area contributed by atoms with Gasteiger partial charge in [-0.15, -0.1) is 0 Å². The molecule has 0 saturated carbocycles. The first-order valence-corrected chi connectivity index (χ1v) is 5.04. The van der Waals surface area contributed by atoms with E-state index in [1.807, 2.05) is 0 Å². The molecule has 2 aromatic carbocycles. The Labute approximate surface area is 98.0 Å². The molecule has 4 nitrogen and oxygen atoms in total. The zero-order valence-corrected chi connectivity index (χ0v) is 9.18. The molecular formula is C13H12O4. The van der Waals surface area contributed by atoms with E-state index in [9.17, 15) is 20.4 Å². The SMILES string of the molecule is Cc1cc(O)c(O)c(-c2cccc(O)c2O)c1. The van der Waals surface area contributed by atoms with Crippen LogP contribution in [0.4, 0.5) is 0 Å². The van der Waals surface area contributed by atoms with Crippen LogP contribution in [0, 0.1) is 6.92 Å². The van der Waals surface area contributed by atoms with Crippen LogP contribution in [0.1, 0.15) is 5.56 Å². The van der Waals surface area contributed by atoms with Crippen LogP contribution in [0.25, 0.3) is 11.1 Å². The third-order valence-electron chi connectivity index (χ3n) is 2.54. The lowest BCUT2D eigenvalue weighted by Crippen LogP contribution is -1.84. The molecule has 0 bridgehead atoms. The van der Waals surface area contributed by atoms with Crippen LogP contribution in [0.5, 0.6) is 23.0 Å². The molecule has 0 aliphatic rings. The number of hydrogen-bond acceptors (Lipinski definition) is 4. The van der Waals surface area contributed by atoms with Crippen LogP contribution in [-0.4, -0.2) is 20.4 Å². The zero-order chi connectivity index (χ0) is 12.6. The van der Waals surface area contributed by atoms with Crippen molar-refractivity contribution in [1.82, 2.24) is 0 Å². The minimum atomic E-state index is -0.326. The van der Waals surface area contributed by atoms with E-state index >= 15 is 0 Å². The second-order valence-electron chi connectivity index (χ2n) is 3.85. The highest BCUT2D eigenvalue weighted by molar-refractivity contribution is 5.80. The largest absolute Gasteiger partial charge is 0.504 e. The van der Waals surface area contributed by atoms with Gasteiger partial charge in [0.1, 0.15) is 0 Å². The average Bonchev–Trinajstić information content (AvgIpc) is 2.27. The van der Waals surface area contributed by atoms with Crippen molar-refractivity contribution >= 4 is 0 Å². The second kappa shape index (κ2) is 3.90. The molecule has 0 spiro atoms. The Morgan fingerprint density at radius 1 is 0.765 bits per heavy atom. The van der Waals surface area contributed by atoms with Crippen molar-refractivity contribution in [2.24, 2.45) is 0 Å². The highest BCUT2D eigenvalue weighted by Gasteiger charge is 2.14. The fourth-order valence-corrected chi connectivity index (χ4v) is 1.71. The summed E-state index contributed by atoms with van der Waals surface area (Å²) in [6.07, 6.45) is 0. The number of rotatable bonds is 1. The molecule has 17 heavy (non-hydrogen) atoms. The van der Waals surface area contributed by atoms with Crippen LogP contribution in [0.2, 0.25) is 0 Å². The Morgan fingerprint density at radius 2 is 1.41 bits per heavy atom. The number of para-hydroxylation sites is 1. The maximum Gasteiger partial charge on any atom is 0.165 e. The van der Waals surface area contributed by atoms with E-state index in [1.165, 1.54) is 12.1 Å². The predicted octanol–water partition coefficient (Wildman–Crippen LogP) is 2.48.